The molecule has 4 rings (SSSR count). The fraction of sp³-hybridized carbons (Fsp3) is 0.240. The molecule has 6 nitrogen and oxygen atoms in total. The maximum absolute atomic E-state index is 12.6. The number of thiophene rings is 1. The minimum atomic E-state index is -0.452. The third kappa shape index (κ3) is 5.06. The van der Waals surface area contributed by atoms with E-state index < -0.39 is 5.91 Å². The highest BCUT2D eigenvalue weighted by atomic mass is 32.1. The largest absolute Gasteiger partial charge is 0.322 e. The van der Waals surface area contributed by atoms with Crippen LogP contribution in [0.4, 0.5) is 5.69 Å². The first-order valence-electron chi connectivity index (χ1n) is 10.7. The predicted molar refractivity (Wildman–Crippen MR) is 126 cm³/mol. The topological polar surface area (TPSA) is 87.3 Å². The molecule has 0 fully saturated rings. The fourth-order valence-electron chi connectivity index (χ4n) is 3.71. The molecule has 0 saturated carbocycles. The van der Waals surface area contributed by atoms with Gasteiger partial charge >= 0.3 is 0 Å². The predicted octanol–water partition coefficient (Wildman–Crippen LogP) is 4.65. The van der Waals surface area contributed by atoms with Gasteiger partial charge in [0.05, 0.1) is 4.88 Å². The van der Waals surface area contributed by atoms with E-state index in [0.717, 1.165) is 31.2 Å². The Balaban J connectivity index is 1.39. The summed E-state index contributed by atoms with van der Waals surface area (Å²) in [5.74, 6) is -1.02. The Morgan fingerprint density at radius 1 is 0.781 bits per heavy atom. The van der Waals surface area contributed by atoms with Crippen molar-refractivity contribution in [2.45, 2.75) is 39.0 Å². The van der Waals surface area contributed by atoms with Gasteiger partial charge in [-0.15, -0.1) is 11.3 Å². The van der Waals surface area contributed by atoms with Gasteiger partial charge in [-0.25, -0.2) is 0 Å². The Kier molecular flexibility index (Phi) is 6.66. The van der Waals surface area contributed by atoms with Crippen molar-refractivity contribution in [3.63, 3.8) is 0 Å². The average Bonchev–Trinajstić information content (AvgIpc) is 3.09. The van der Waals surface area contributed by atoms with E-state index in [4.69, 9.17) is 0 Å². The molecule has 7 heteroatoms. The van der Waals surface area contributed by atoms with Crippen LogP contribution in [0.5, 0.6) is 0 Å². The van der Waals surface area contributed by atoms with E-state index in [1.165, 1.54) is 28.2 Å². The zero-order valence-electron chi connectivity index (χ0n) is 17.9. The second-order valence-electron chi connectivity index (χ2n) is 7.88. The van der Waals surface area contributed by atoms with E-state index in [-0.39, 0.29) is 11.8 Å². The number of fused-ring (bicyclic) bond motifs is 1. The van der Waals surface area contributed by atoms with Crippen LogP contribution >= 0.6 is 11.3 Å². The summed E-state index contributed by atoms with van der Waals surface area (Å²) in [6.07, 6.45) is 5.55. The molecule has 0 radical (unpaired) electrons. The molecule has 164 valence electrons. The lowest BCUT2D eigenvalue weighted by Gasteiger charge is -2.11. The van der Waals surface area contributed by atoms with Gasteiger partial charge in [0.25, 0.3) is 17.7 Å². The molecule has 3 N–H and O–H groups in total. The summed E-state index contributed by atoms with van der Waals surface area (Å²) in [4.78, 5) is 39.5. The number of amides is 3. The highest BCUT2D eigenvalue weighted by molar-refractivity contribution is 7.14. The van der Waals surface area contributed by atoms with Gasteiger partial charge in [-0.3, -0.25) is 25.2 Å². The monoisotopic (exact) mass is 447 g/mol. The molecular weight excluding hydrogens is 422 g/mol. The summed E-state index contributed by atoms with van der Waals surface area (Å²) in [6, 6.07) is 15.8. The number of carbonyl (C=O) groups is 3. The minimum absolute atomic E-state index is 0.253. The van der Waals surface area contributed by atoms with E-state index in [9.17, 15) is 14.4 Å². The lowest BCUT2D eigenvalue weighted by Crippen LogP contribution is -2.41. The van der Waals surface area contributed by atoms with E-state index >= 15 is 0 Å². The van der Waals surface area contributed by atoms with Crippen LogP contribution in [0.25, 0.3) is 0 Å². The quantitative estimate of drug-likeness (QED) is 0.402. The Morgan fingerprint density at radius 3 is 2.34 bits per heavy atom. The molecule has 0 bridgehead atoms. The molecule has 0 atom stereocenters. The van der Waals surface area contributed by atoms with Crippen molar-refractivity contribution in [3.8, 4) is 0 Å². The highest BCUT2D eigenvalue weighted by Gasteiger charge is 2.17. The number of benzene rings is 2. The first kappa shape index (κ1) is 21.8. The van der Waals surface area contributed by atoms with Gasteiger partial charge in [-0.05, 0) is 74.1 Å². The Morgan fingerprint density at radius 2 is 1.53 bits per heavy atom. The molecular formula is C25H25N3O3S. The zero-order valence-corrected chi connectivity index (χ0v) is 18.7. The first-order chi connectivity index (χ1) is 15.5. The van der Waals surface area contributed by atoms with E-state index in [0.29, 0.717) is 21.7 Å². The molecule has 3 amide bonds. The molecule has 1 aromatic heterocycles. The number of rotatable bonds is 4. The SMILES string of the molecule is Cc1ccc(C(=O)NNC(=O)c2cc3c(s2)CCCCC3)cc1NC(=O)c1ccccc1. The van der Waals surface area contributed by atoms with Crippen LogP contribution in [0.2, 0.25) is 0 Å². The molecule has 32 heavy (non-hydrogen) atoms. The zero-order chi connectivity index (χ0) is 22.5. The third-order valence-corrected chi connectivity index (χ3v) is 6.78. The first-order valence-corrected chi connectivity index (χ1v) is 11.5. The van der Waals surface area contributed by atoms with Crippen molar-refractivity contribution in [3.05, 3.63) is 86.6 Å². The molecule has 3 aromatic rings. The van der Waals surface area contributed by atoms with Gasteiger partial charge in [-0.2, -0.15) is 0 Å². The summed E-state index contributed by atoms with van der Waals surface area (Å²) in [5, 5.41) is 2.84. The van der Waals surface area contributed by atoms with Crippen molar-refractivity contribution >= 4 is 34.7 Å². The summed E-state index contributed by atoms with van der Waals surface area (Å²) >= 11 is 1.50. The normalized spacial score (nSPS) is 12.9. The number of aryl methyl sites for hydroxylation is 3. The fourth-order valence-corrected chi connectivity index (χ4v) is 4.86. The van der Waals surface area contributed by atoms with Gasteiger partial charge < -0.3 is 5.32 Å². The molecule has 2 aromatic carbocycles. The van der Waals surface area contributed by atoms with Crippen LogP contribution in [0.3, 0.4) is 0 Å². The Labute approximate surface area is 191 Å². The molecule has 0 aliphatic heterocycles. The van der Waals surface area contributed by atoms with Crippen LogP contribution in [0, 0.1) is 6.92 Å². The van der Waals surface area contributed by atoms with E-state index in [2.05, 4.69) is 16.2 Å². The van der Waals surface area contributed by atoms with Crippen molar-refractivity contribution in [1.82, 2.24) is 10.9 Å². The molecule has 0 spiro atoms. The van der Waals surface area contributed by atoms with Crippen molar-refractivity contribution in [1.29, 1.82) is 0 Å². The number of carbonyl (C=O) groups excluding carboxylic acids is 3. The van der Waals surface area contributed by atoms with E-state index in [1.54, 1.807) is 42.5 Å². The summed E-state index contributed by atoms with van der Waals surface area (Å²) in [7, 11) is 0. The lowest BCUT2D eigenvalue weighted by atomic mass is 10.1. The van der Waals surface area contributed by atoms with Gasteiger partial charge in [-0.1, -0.05) is 30.7 Å². The molecule has 1 heterocycles. The second kappa shape index (κ2) is 9.78. The summed E-state index contributed by atoms with van der Waals surface area (Å²) in [6.45, 7) is 1.85. The number of nitrogens with one attached hydrogen (secondary N) is 3. The van der Waals surface area contributed by atoms with Crippen LogP contribution in [-0.4, -0.2) is 17.7 Å². The smallest absolute Gasteiger partial charge is 0.279 e. The number of hydrogen-bond acceptors (Lipinski definition) is 4. The standard InChI is InChI=1S/C25H25N3O3S/c1-16-12-13-19(14-20(16)26-23(29)17-8-4-2-5-9-17)24(30)27-28-25(31)22-15-18-10-6-3-7-11-21(18)32-22/h2,4-5,8-9,12-15H,3,6-7,10-11H2,1H3,(H,26,29)(H,27,30)(H,28,31). The minimum Gasteiger partial charge on any atom is -0.322 e. The van der Waals surface area contributed by atoms with Gasteiger partial charge in [0.15, 0.2) is 0 Å². The third-order valence-electron chi connectivity index (χ3n) is 5.54. The second-order valence-corrected chi connectivity index (χ2v) is 9.01. The van der Waals surface area contributed by atoms with Crippen LogP contribution in [-0.2, 0) is 12.8 Å². The Hall–Kier alpha value is -3.45. The lowest BCUT2D eigenvalue weighted by molar-refractivity contribution is 0.0849. The number of anilines is 1. The summed E-state index contributed by atoms with van der Waals surface area (Å²) in [5.41, 5.74) is 8.47. The van der Waals surface area contributed by atoms with Gasteiger partial charge in [0.2, 0.25) is 0 Å². The van der Waals surface area contributed by atoms with E-state index in [1.807, 2.05) is 19.1 Å². The molecule has 0 saturated heterocycles. The van der Waals surface area contributed by atoms with Crippen LogP contribution < -0.4 is 16.2 Å². The molecule has 0 unspecified atom stereocenters. The van der Waals surface area contributed by atoms with Crippen molar-refractivity contribution in [2.24, 2.45) is 0 Å². The average molecular weight is 448 g/mol. The summed E-state index contributed by atoms with van der Waals surface area (Å²) < 4.78 is 0. The van der Waals surface area contributed by atoms with Gasteiger partial charge in [0.1, 0.15) is 0 Å². The highest BCUT2D eigenvalue weighted by Crippen LogP contribution is 2.28. The maximum Gasteiger partial charge on any atom is 0.279 e. The van der Waals surface area contributed by atoms with Crippen molar-refractivity contribution < 1.29 is 14.4 Å². The molecule has 1 aliphatic rings. The number of hydrazine groups is 1. The Bertz CT molecular complexity index is 1130. The maximum atomic E-state index is 12.6. The number of hydrogen-bond donors (Lipinski definition) is 3. The van der Waals surface area contributed by atoms with Crippen molar-refractivity contribution in [2.75, 3.05) is 5.32 Å². The molecule has 1 aliphatic carbocycles. The van der Waals surface area contributed by atoms with Crippen LogP contribution in [0.1, 0.15) is 65.7 Å². The van der Waals surface area contributed by atoms with Gasteiger partial charge in [0, 0.05) is 21.7 Å². The van der Waals surface area contributed by atoms with Crippen LogP contribution in [0.15, 0.2) is 54.6 Å².